The van der Waals surface area contributed by atoms with Gasteiger partial charge in [0.2, 0.25) is 0 Å². The highest BCUT2D eigenvalue weighted by Gasteiger charge is 2.06. The van der Waals surface area contributed by atoms with Crippen molar-refractivity contribution in [2.24, 2.45) is 0 Å². The van der Waals surface area contributed by atoms with E-state index in [-0.39, 0.29) is 12.5 Å². The van der Waals surface area contributed by atoms with E-state index in [1.165, 1.54) is 44.9 Å². The fraction of sp³-hybridized carbons (Fsp3) is 0.938. The van der Waals surface area contributed by atoms with Crippen LogP contribution in [0.25, 0.3) is 0 Å². The third kappa shape index (κ3) is 13.8. The van der Waals surface area contributed by atoms with Gasteiger partial charge in [-0.1, -0.05) is 64.7 Å². The van der Waals surface area contributed by atoms with Crippen LogP contribution in [0.5, 0.6) is 0 Å². The lowest BCUT2D eigenvalue weighted by Gasteiger charge is -2.09. The van der Waals surface area contributed by atoms with Crippen molar-refractivity contribution in [3.63, 3.8) is 0 Å². The molecular weight excluding hydrogens is 256 g/mol. The van der Waals surface area contributed by atoms with Crippen molar-refractivity contribution in [1.82, 2.24) is 0 Å². The molecule has 0 heterocycles. The molecule has 120 valence electrons. The average molecular weight is 288 g/mol. The second-order valence-corrected chi connectivity index (χ2v) is 5.63. The second-order valence-electron chi connectivity index (χ2n) is 5.63. The molecule has 0 aromatic rings. The lowest BCUT2D eigenvalue weighted by molar-refractivity contribution is -0.234. The number of aliphatic hydroxyl groups excluding tert-OH is 1. The largest absolute Gasteiger partial charge is 0.393 e. The molecule has 0 saturated heterocycles. The van der Waals surface area contributed by atoms with Gasteiger partial charge in [-0.25, -0.2) is 4.79 Å². The maximum absolute atomic E-state index is 10.7. The van der Waals surface area contributed by atoms with E-state index in [0.29, 0.717) is 6.42 Å². The zero-order chi connectivity index (χ0) is 15.1. The van der Waals surface area contributed by atoms with Gasteiger partial charge >= 0.3 is 5.97 Å². The van der Waals surface area contributed by atoms with Crippen molar-refractivity contribution in [2.45, 2.75) is 96.5 Å². The molecule has 0 fully saturated rings. The summed E-state index contributed by atoms with van der Waals surface area (Å²) in [5, 5.41) is 17.9. The monoisotopic (exact) mass is 288 g/mol. The van der Waals surface area contributed by atoms with Gasteiger partial charge in [0, 0.05) is 6.42 Å². The Morgan fingerprint density at radius 3 is 1.95 bits per heavy atom. The molecule has 20 heavy (non-hydrogen) atoms. The highest BCUT2D eigenvalue weighted by Crippen LogP contribution is 2.13. The van der Waals surface area contributed by atoms with E-state index in [2.05, 4.69) is 11.8 Å². The molecule has 0 aliphatic carbocycles. The molecule has 0 aliphatic rings. The molecule has 0 saturated carbocycles. The first kappa shape index (κ1) is 19.4. The summed E-state index contributed by atoms with van der Waals surface area (Å²) in [5.41, 5.74) is 0. The van der Waals surface area contributed by atoms with Crippen molar-refractivity contribution < 1.29 is 20.0 Å². The quantitative estimate of drug-likeness (QED) is 0.281. The minimum absolute atomic E-state index is 0.223. The summed E-state index contributed by atoms with van der Waals surface area (Å²) in [6.07, 6.45) is 13.3. The van der Waals surface area contributed by atoms with Crippen LogP contribution in [0, 0.1) is 0 Å². The first-order valence-electron chi connectivity index (χ1n) is 8.23. The summed E-state index contributed by atoms with van der Waals surface area (Å²) in [5.74, 6) is -0.595. The van der Waals surface area contributed by atoms with E-state index in [1.807, 2.05) is 0 Å². The lowest BCUT2D eigenvalue weighted by Crippen LogP contribution is -2.07. The van der Waals surface area contributed by atoms with E-state index >= 15 is 0 Å². The van der Waals surface area contributed by atoms with Crippen LogP contribution in [0.1, 0.15) is 90.4 Å². The smallest absolute Gasteiger partial charge is 0.342 e. The Balaban J connectivity index is 3.20. The SMILES string of the molecule is CCCCCCCCCCC(O)CCCCC(=O)OO. The number of carbonyl (C=O) groups is 1. The predicted molar refractivity (Wildman–Crippen MR) is 80.4 cm³/mol. The van der Waals surface area contributed by atoms with Gasteiger partial charge in [-0.3, -0.25) is 0 Å². The molecule has 1 atom stereocenters. The Hall–Kier alpha value is -0.610. The van der Waals surface area contributed by atoms with Crippen LogP contribution in [-0.2, 0) is 9.68 Å². The lowest BCUT2D eigenvalue weighted by atomic mass is 10.0. The standard InChI is InChI=1S/C16H32O4/c1-2-3-4-5-6-7-8-9-12-15(17)13-10-11-14-16(18)20-19/h15,17,19H,2-14H2,1H3. The number of hydrogen-bond donors (Lipinski definition) is 2. The number of rotatable bonds is 14. The average Bonchev–Trinajstić information content (AvgIpc) is 2.46. The van der Waals surface area contributed by atoms with Gasteiger partial charge in [0.1, 0.15) is 0 Å². The third-order valence-corrected chi connectivity index (χ3v) is 3.66. The van der Waals surface area contributed by atoms with Crippen LogP contribution in [0.15, 0.2) is 0 Å². The first-order valence-corrected chi connectivity index (χ1v) is 8.23. The summed E-state index contributed by atoms with van der Waals surface area (Å²) < 4.78 is 0. The molecule has 0 amide bonds. The van der Waals surface area contributed by atoms with Gasteiger partial charge in [-0.2, -0.15) is 5.26 Å². The summed E-state index contributed by atoms with van der Waals surface area (Å²) in [6, 6.07) is 0. The summed E-state index contributed by atoms with van der Waals surface area (Å²) in [7, 11) is 0. The second kappa shape index (κ2) is 14.8. The molecule has 0 aliphatic heterocycles. The van der Waals surface area contributed by atoms with Crippen LogP contribution in [0.4, 0.5) is 0 Å². The minimum Gasteiger partial charge on any atom is -0.393 e. The molecular formula is C16H32O4. The Morgan fingerprint density at radius 2 is 1.40 bits per heavy atom. The molecule has 0 spiro atoms. The van der Waals surface area contributed by atoms with E-state index in [4.69, 9.17) is 5.26 Å². The van der Waals surface area contributed by atoms with Crippen molar-refractivity contribution in [2.75, 3.05) is 0 Å². The van der Waals surface area contributed by atoms with Gasteiger partial charge in [0.05, 0.1) is 6.10 Å². The predicted octanol–water partition coefficient (Wildman–Crippen LogP) is 4.45. The van der Waals surface area contributed by atoms with Crippen LogP contribution >= 0.6 is 0 Å². The van der Waals surface area contributed by atoms with Gasteiger partial charge in [0.25, 0.3) is 0 Å². The van der Waals surface area contributed by atoms with Gasteiger partial charge in [0.15, 0.2) is 0 Å². The molecule has 2 N–H and O–H groups in total. The maximum atomic E-state index is 10.7. The molecule has 0 radical (unpaired) electrons. The van der Waals surface area contributed by atoms with Crippen LogP contribution in [0.3, 0.4) is 0 Å². The zero-order valence-corrected chi connectivity index (χ0v) is 13.0. The topological polar surface area (TPSA) is 66.8 Å². The molecule has 0 rings (SSSR count). The fourth-order valence-corrected chi connectivity index (χ4v) is 2.35. The Kier molecular flexibility index (Phi) is 14.3. The number of aliphatic hydroxyl groups is 1. The van der Waals surface area contributed by atoms with Crippen LogP contribution in [-0.4, -0.2) is 22.4 Å². The number of hydrogen-bond acceptors (Lipinski definition) is 4. The molecule has 0 bridgehead atoms. The van der Waals surface area contributed by atoms with Crippen LogP contribution < -0.4 is 0 Å². The van der Waals surface area contributed by atoms with Crippen molar-refractivity contribution in [3.05, 3.63) is 0 Å². The summed E-state index contributed by atoms with van der Waals surface area (Å²) in [6.45, 7) is 2.23. The van der Waals surface area contributed by atoms with Crippen molar-refractivity contribution in [3.8, 4) is 0 Å². The van der Waals surface area contributed by atoms with Crippen molar-refractivity contribution >= 4 is 5.97 Å². The molecule has 1 unspecified atom stereocenters. The number of unbranched alkanes of at least 4 members (excludes halogenated alkanes) is 8. The Bertz CT molecular complexity index is 219. The van der Waals surface area contributed by atoms with E-state index in [9.17, 15) is 9.90 Å². The Morgan fingerprint density at radius 1 is 0.900 bits per heavy atom. The molecule has 0 aromatic carbocycles. The zero-order valence-electron chi connectivity index (χ0n) is 13.0. The first-order chi connectivity index (χ1) is 9.70. The van der Waals surface area contributed by atoms with E-state index < -0.39 is 5.97 Å². The molecule has 4 nitrogen and oxygen atoms in total. The maximum Gasteiger partial charge on any atom is 0.342 e. The third-order valence-electron chi connectivity index (χ3n) is 3.66. The van der Waals surface area contributed by atoms with E-state index in [1.54, 1.807) is 0 Å². The molecule has 0 aromatic heterocycles. The fourth-order valence-electron chi connectivity index (χ4n) is 2.35. The minimum atomic E-state index is -0.595. The van der Waals surface area contributed by atoms with Gasteiger partial charge in [-0.05, 0) is 19.3 Å². The Labute approximate surface area is 123 Å². The van der Waals surface area contributed by atoms with Gasteiger partial charge < -0.3 is 9.99 Å². The highest BCUT2D eigenvalue weighted by atomic mass is 17.1. The normalized spacial score (nSPS) is 12.3. The molecule has 4 heteroatoms. The van der Waals surface area contributed by atoms with E-state index in [0.717, 1.165) is 25.7 Å². The highest BCUT2D eigenvalue weighted by molar-refractivity contribution is 5.68. The van der Waals surface area contributed by atoms with Gasteiger partial charge in [-0.15, -0.1) is 0 Å². The van der Waals surface area contributed by atoms with Crippen LogP contribution in [0.2, 0.25) is 0 Å². The van der Waals surface area contributed by atoms with Crippen molar-refractivity contribution in [1.29, 1.82) is 0 Å². The number of carbonyl (C=O) groups excluding carboxylic acids is 1. The summed E-state index contributed by atoms with van der Waals surface area (Å²) in [4.78, 5) is 14.2. The summed E-state index contributed by atoms with van der Waals surface area (Å²) >= 11 is 0.